The number of ether oxygens (including phenoxy) is 3. The number of rotatable bonds is 9. The van der Waals surface area contributed by atoms with E-state index in [2.05, 4.69) is 17.1 Å². The third kappa shape index (κ3) is 5.31. The van der Waals surface area contributed by atoms with Crippen molar-refractivity contribution in [2.24, 2.45) is 0 Å². The Balaban J connectivity index is 1.71. The van der Waals surface area contributed by atoms with Gasteiger partial charge in [-0.3, -0.25) is 9.69 Å². The van der Waals surface area contributed by atoms with E-state index >= 15 is 0 Å². The molecule has 2 unspecified atom stereocenters. The lowest BCUT2D eigenvalue weighted by Crippen LogP contribution is -2.48. The summed E-state index contributed by atoms with van der Waals surface area (Å²) >= 11 is 0. The molecule has 3 aromatic rings. The first-order valence-electron chi connectivity index (χ1n) is 12.2. The van der Waals surface area contributed by atoms with Gasteiger partial charge in [-0.2, -0.15) is 0 Å². The van der Waals surface area contributed by atoms with E-state index in [-0.39, 0.29) is 23.8 Å². The predicted octanol–water partition coefficient (Wildman–Crippen LogP) is 5.16. The smallest absolute Gasteiger partial charge is 0.251 e. The maximum absolute atomic E-state index is 14.6. The zero-order valence-corrected chi connectivity index (χ0v) is 21.2. The number of fused-ring (bicyclic) bond motifs is 1. The minimum Gasteiger partial charge on any atom is -0.497 e. The number of nitrogens with zero attached hydrogens (tertiary/aromatic N) is 1. The molecule has 0 aromatic heterocycles. The lowest BCUT2D eigenvalue weighted by atomic mass is 9.86. The Kier molecular flexibility index (Phi) is 8.10. The molecule has 1 aliphatic rings. The Bertz CT molecular complexity index is 1200. The first kappa shape index (κ1) is 25.5. The second-order valence-corrected chi connectivity index (χ2v) is 8.88. The Morgan fingerprint density at radius 1 is 1.03 bits per heavy atom. The van der Waals surface area contributed by atoms with Crippen molar-refractivity contribution in [3.63, 3.8) is 0 Å². The van der Waals surface area contributed by atoms with Crippen LogP contribution in [0.5, 0.6) is 17.2 Å². The van der Waals surface area contributed by atoms with Crippen molar-refractivity contribution in [3.8, 4) is 17.2 Å². The van der Waals surface area contributed by atoms with Crippen molar-refractivity contribution in [3.05, 3.63) is 88.7 Å². The first-order valence-corrected chi connectivity index (χ1v) is 12.2. The third-order valence-electron chi connectivity index (χ3n) is 6.85. The fourth-order valence-corrected chi connectivity index (χ4v) is 4.92. The number of hydrogen-bond donors (Lipinski definition) is 1. The molecule has 1 amide bonds. The van der Waals surface area contributed by atoms with Crippen LogP contribution in [0, 0.1) is 5.82 Å². The summed E-state index contributed by atoms with van der Waals surface area (Å²) in [7, 11) is 4.83. The van der Waals surface area contributed by atoms with Gasteiger partial charge in [-0.25, -0.2) is 4.39 Å². The topological polar surface area (TPSA) is 60.0 Å². The predicted molar refractivity (Wildman–Crippen MR) is 137 cm³/mol. The van der Waals surface area contributed by atoms with Crippen LogP contribution in [0.25, 0.3) is 0 Å². The van der Waals surface area contributed by atoms with Gasteiger partial charge >= 0.3 is 0 Å². The summed E-state index contributed by atoms with van der Waals surface area (Å²) in [6, 6.07) is 17.5. The molecule has 6 nitrogen and oxygen atoms in total. The van der Waals surface area contributed by atoms with E-state index in [1.807, 2.05) is 24.3 Å². The molecular weight excluding hydrogens is 459 g/mol. The summed E-state index contributed by atoms with van der Waals surface area (Å²) in [5.74, 6) is 1.60. The van der Waals surface area contributed by atoms with Gasteiger partial charge in [0.05, 0.1) is 27.4 Å². The zero-order chi connectivity index (χ0) is 25.7. The van der Waals surface area contributed by atoms with Crippen molar-refractivity contribution < 1.29 is 23.4 Å². The normalized spacial score (nSPS) is 16.1. The largest absolute Gasteiger partial charge is 0.497 e. The first-order chi connectivity index (χ1) is 17.5. The van der Waals surface area contributed by atoms with Crippen LogP contribution in [0.15, 0.2) is 60.7 Å². The lowest BCUT2D eigenvalue weighted by Gasteiger charge is -2.42. The molecule has 7 heteroatoms. The second-order valence-electron chi connectivity index (χ2n) is 8.88. The average Bonchev–Trinajstić information content (AvgIpc) is 2.92. The van der Waals surface area contributed by atoms with Gasteiger partial charge in [0.15, 0.2) is 11.5 Å². The van der Waals surface area contributed by atoms with Gasteiger partial charge < -0.3 is 19.5 Å². The maximum Gasteiger partial charge on any atom is 0.251 e. The van der Waals surface area contributed by atoms with E-state index in [1.165, 1.54) is 6.07 Å². The van der Waals surface area contributed by atoms with Crippen LogP contribution in [-0.2, 0) is 13.0 Å². The van der Waals surface area contributed by atoms with Crippen LogP contribution >= 0.6 is 0 Å². The molecule has 0 fully saturated rings. The number of nitrogens with one attached hydrogen (secondary N) is 1. The monoisotopic (exact) mass is 492 g/mol. The Labute approximate surface area is 212 Å². The molecule has 3 aromatic carbocycles. The highest BCUT2D eigenvalue weighted by atomic mass is 19.1. The molecule has 36 heavy (non-hydrogen) atoms. The molecule has 0 aliphatic carbocycles. The quantitative estimate of drug-likeness (QED) is 0.447. The van der Waals surface area contributed by atoms with Gasteiger partial charge in [0.1, 0.15) is 11.6 Å². The second kappa shape index (κ2) is 11.4. The fraction of sp³-hybridized carbons (Fsp3) is 0.345. The van der Waals surface area contributed by atoms with Crippen molar-refractivity contribution in [1.82, 2.24) is 10.2 Å². The summed E-state index contributed by atoms with van der Waals surface area (Å²) in [4.78, 5) is 15.5. The summed E-state index contributed by atoms with van der Waals surface area (Å²) in [5.41, 5.74) is 3.37. The molecule has 1 aliphatic heterocycles. The summed E-state index contributed by atoms with van der Waals surface area (Å²) in [6.07, 6.45) is 1.47. The van der Waals surface area contributed by atoms with Crippen LogP contribution in [0.1, 0.15) is 46.4 Å². The van der Waals surface area contributed by atoms with Crippen molar-refractivity contribution in [2.75, 3.05) is 27.9 Å². The number of halogens is 1. The van der Waals surface area contributed by atoms with Gasteiger partial charge in [-0.15, -0.1) is 0 Å². The van der Waals surface area contributed by atoms with Crippen LogP contribution in [0.3, 0.4) is 0 Å². The fourth-order valence-electron chi connectivity index (χ4n) is 4.92. The number of amides is 1. The van der Waals surface area contributed by atoms with Gasteiger partial charge in [0, 0.05) is 30.3 Å². The zero-order valence-electron chi connectivity index (χ0n) is 21.2. The highest BCUT2D eigenvalue weighted by Crippen LogP contribution is 2.40. The molecule has 0 spiro atoms. The molecule has 0 radical (unpaired) electrons. The molecule has 0 saturated heterocycles. The van der Waals surface area contributed by atoms with E-state index in [4.69, 9.17) is 14.2 Å². The molecule has 0 saturated carbocycles. The Morgan fingerprint density at radius 3 is 2.36 bits per heavy atom. The number of carbonyl (C=O) groups excluding carboxylic acids is 1. The molecule has 2 atom stereocenters. The SMILES string of the molecule is CCC(NC(=O)c1ccc(OC)cc1)C1c2cc(OC)c(OC)cc2CCN1Cc1ccccc1F. The van der Waals surface area contributed by atoms with Crippen LogP contribution < -0.4 is 19.5 Å². The van der Waals surface area contributed by atoms with Crippen LogP contribution in [-0.4, -0.2) is 44.7 Å². The minimum absolute atomic E-state index is 0.164. The number of carbonyl (C=O) groups is 1. The van der Waals surface area contributed by atoms with Gasteiger partial charge in [0.2, 0.25) is 0 Å². The summed E-state index contributed by atoms with van der Waals surface area (Å²) < 4.78 is 31.0. The van der Waals surface area contributed by atoms with E-state index in [0.717, 1.165) is 24.1 Å². The highest BCUT2D eigenvalue weighted by molar-refractivity contribution is 5.94. The van der Waals surface area contributed by atoms with Crippen LogP contribution in [0.4, 0.5) is 4.39 Å². The van der Waals surface area contributed by atoms with Gasteiger partial charge in [-0.05, 0) is 66.4 Å². The molecule has 190 valence electrons. The number of methoxy groups -OCH3 is 3. The number of benzene rings is 3. The van der Waals surface area contributed by atoms with E-state index in [1.54, 1.807) is 51.7 Å². The van der Waals surface area contributed by atoms with E-state index < -0.39 is 0 Å². The Hall–Kier alpha value is -3.58. The van der Waals surface area contributed by atoms with Crippen molar-refractivity contribution in [2.45, 2.75) is 38.4 Å². The average molecular weight is 493 g/mol. The van der Waals surface area contributed by atoms with Gasteiger partial charge in [-0.1, -0.05) is 25.1 Å². The molecule has 4 rings (SSSR count). The molecular formula is C29H33FN2O4. The molecule has 1 heterocycles. The lowest BCUT2D eigenvalue weighted by molar-refractivity contribution is 0.0857. The van der Waals surface area contributed by atoms with Crippen molar-refractivity contribution in [1.29, 1.82) is 0 Å². The van der Waals surface area contributed by atoms with Crippen molar-refractivity contribution >= 4 is 5.91 Å². The highest BCUT2D eigenvalue weighted by Gasteiger charge is 2.35. The maximum atomic E-state index is 14.6. The summed E-state index contributed by atoms with van der Waals surface area (Å²) in [6.45, 7) is 3.20. The van der Waals surface area contributed by atoms with Gasteiger partial charge in [0.25, 0.3) is 5.91 Å². The van der Waals surface area contributed by atoms with E-state index in [9.17, 15) is 9.18 Å². The minimum atomic E-state index is -0.232. The standard InChI is InChI=1S/C29H33FN2O4/c1-5-25(31-29(33)19-10-12-22(34-2)13-11-19)28-23-17-27(36-4)26(35-3)16-20(23)14-15-32(28)18-21-8-6-7-9-24(21)30/h6-13,16-17,25,28H,5,14-15,18H2,1-4H3,(H,31,33). The Morgan fingerprint density at radius 2 is 1.72 bits per heavy atom. The van der Waals surface area contributed by atoms with E-state index in [0.29, 0.717) is 41.3 Å². The molecule has 0 bridgehead atoms. The van der Waals surface area contributed by atoms with Crippen LogP contribution in [0.2, 0.25) is 0 Å². The molecule has 1 N–H and O–H groups in total. The third-order valence-corrected chi connectivity index (χ3v) is 6.85. The number of hydrogen-bond acceptors (Lipinski definition) is 5. The summed E-state index contributed by atoms with van der Waals surface area (Å²) in [5, 5.41) is 3.24.